The second-order valence-corrected chi connectivity index (χ2v) is 6.68. The van der Waals surface area contributed by atoms with Crippen LogP contribution in [-0.2, 0) is 14.6 Å². The Bertz CT molecular complexity index is 547. The summed E-state index contributed by atoms with van der Waals surface area (Å²) in [6, 6.07) is 6.86. The van der Waals surface area contributed by atoms with Crippen molar-refractivity contribution in [1.82, 2.24) is 0 Å². The number of hydrogen-bond acceptors (Lipinski definition) is 4. The number of sulfone groups is 1. The van der Waals surface area contributed by atoms with Crippen LogP contribution < -0.4 is 5.32 Å². The Labute approximate surface area is 114 Å². The molecule has 5 heteroatoms. The van der Waals surface area contributed by atoms with Gasteiger partial charge >= 0.3 is 0 Å². The molecule has 1 aliphatic heterocycles. The van der Waals surface area contributed by atoms with E-state index >= 15 is 0 Å². The van der Waals surface area contributed by atoms with E-state index in [0.717, 1.165) is 38.3 Å². The minimum Gasteiger partial charge on any atom is -0.385 e. The molecule has 0 radical (unpaired) electrons. The second kappa shape index (κ2) is 6.21. The lowest BCUT2D eigenvalue weighted by atomic mass is 10.1. The molecule has 1 heterocycles. The lowest BCUT2D eigenvalue weighted by Gasteiger charge is -2.14. The highest BCUT2D eigenvalue weighted by atomic mass is 32.2. The molecule has 0 fully saturated rings. The largest absolute Gasteiger partial charge is 0.385 e. The summed E-state index contributed by atoms with van der Waals surface area (Å²) in [6.45, 7) is 2.39. The Kier molecular flexibility index (Phi) is 4.61. The average molecular weight is 281 g/mol. The summed E-state index contributed by atoms with van der Waals surface area (Å²) in [5, 5.41) is 3.29. The summed E-state index contributed by atoms with van der Waals surface area (Å²) < 4.78 is 27.9. The van der Waals surface area contributed by atoms with E-state index < -0.39 is 9.84 Å². The van der Waals surface area contributed by atoms with Gasteiger partial charge in [0.15, 0.2) is 9.84 Å². The van der Waals surface area contributed by atoms with Gasteiger partial charge in [-0.2, -0.15) is 0 Å². The number of nitrogens with one attached hydrogen (secondary N) is 1. The van der Waals surface area contributed by atoms with Crippen LogP contribution in [0.5, 0.6) is 0 Å². The van der Waals surface area contributed by atoms with Crippen molar-refractivity contribution in [3.63, 3.8) is 0 Å². The molecule has 0 spiro atoms. The third-order valence-corrected chi connectivity index (χ3v) is 4.24. The van der Waals surface area contributed by atoms with Crippen LogP contribution in [0.2, 0.25) is 0 Å². The summed E-state index contributed by atoms with van der Waals surface area (Å²) in [4.78, 5) is 0.352. The molecular formula is C14H19NO3S. The standard InChI is InChI=1S/C14H19NO3S/c1-19(16,17)14-4-2-13(3-5-14)15-9-6-12-7-10-18-11-8-12/h2-5,7,15H,6,8-11H2,1H3. The van der Waals surface area contributed by atoms with Crippen LogP contribution in [0.4, 0.5) is 5.69 Å². The van der Waals surface area contributed by atoms with E-state index in [1.54, 1.807) is 24.3 Å². The Morgan fingerprint density at radius 1 is 1.26 bits per heavy atom. The fourth-order valence-corrected chi connectivity index (χ4v) is 2.61. The SMILES string of the molecule is CS(=O)(=O)c1ccc(NCCC2=CCOCC2)cc1. The first kappa shape index (κ1) is 14.1. The zero-order valence-corrected chi connectivity index (χ0v) is 11.9. The Hall–Kier alpha value is -1.33. The smallest absolute Gasteiger partial charge is 0.175 e. The van der Waals surface area contributed by atoms with Crippen molar-refractivity contribution in [2.75, 3.05) is 31.3 Å². The van der Waals surface area contributed by atoms with Crippen LogP contribution >= 0.6 is 0 Å². The van der Waals surface area contributed by atoms with E-state index in [-0.39, 0.29) is 0 Å². The van der Waals surface area contributed by atoms with Gasteiger partial charge < -0.3 is 10.1 Å². The summed E-state index contributed by atoms with van der Waals surface area (Å²) in [5.74, 6) is 0. The van der Waals surface area contributed by atoms with Crippen molar-refractivity contribution >= 4 is 15.5 Å². The first-order valence-electron chi connectivity index (χ1n) is 6.35. The highest BCUT2D eigenvalue weighted by molar-refractivity contribution is 7.90. The van der Waals surface area contributed by atoms with E-state index in [1.807, 2.05) is 0 Å². The topological polar surface area (TPSA) is 55.4 Å². The van der Waals surface area contributed by atoms with Crippen LogP contribution in [0.1, 0.15) is 12.8 Å². The molecule has 0 saturated carbocycles. The number of hydrogen-bond donors (Lipinski definition) is 1. The van der Waals surface area contributed by atoms with E-state index in [1.165, 1.54) is 11.8 Å². The van der Waals surface area contributed by atoms with Crippen molar-refractivity contribution in [2.45, 2.75) is 17.7 Å². The molecule has 1 N–H and O–H groups in total. The van der Waals surface area contributed by atoms with Crippen LogP contribution in [0.3, 0.4) is 0 Å². The van der Waals surface area contributed by atoms with Gasteiger partial charge in [0.2, 0.25) is 0 Å². The van der Waals surface area contributed by atoms with Crippen LogP contribution in [-0.4, -0.2) is 34.4 Å². The third-order valence-electron chi connectivity index (χ3n) is 3.12. The predicted molar refractivity (Wildman–Crippen MR) is 76.2 cm³/mol. The number of anilines is 1. The highest BCUT2D eigenvalue weighted by Crippen LogP contribution is 2.15. The van der Waals surface area contributed by atoms with Crippen LogP contribution in [0, 0.1) is 0 Å². The van der Waals surface area contributed by atoms with Crippen molar-refractivity contribution in [1.29, 1.82) is 0 Å². The highest BCUT2D eigenvalue weighted by Gasteiger charge is 2.06. The molecular weight excluding hydrogens is 262 g/mol. The molecule has 104 valence electrons. The minimum atomic E-state index is -3.11. The molecule has 1 aromatic carbocycles. The van der Waals surface area contributed by atoms with Crippen LogP contribution in [0.25, 0.3) is 0 Å². The molecule has 19 heavy (non-hydrogen) atoms. The summed E-state index contributed by atoms with van der Waals surface area (Å²) in [6.07, 6.45) is 5.36. The maximum atomic E-state index is 11.3. The first-order chi connectivity index (χ1) is 9.05. The normalized spacial score (nSPS) is 15.9. The lowest BCUT2D eigenvalue weighted by Crippen LogP contribution is -2.09. The maximum Gasteiger partial charge on any atom is 0.175 e. The van der Waals surface area contributed by atoms with Gasteiger partial charge in [-0.25, -0.2) is 8.42 Å². The zero-order chi connectivity index (χ0) is 13.7. The van der Waals surface area contributed by atoms with E-state index in [4.69, 9.17) is 4.74 Å². The summed E-state index contributed by atoms with van der Waals surface area (Å²) in [7, 11) is -3.11. The molecule has 1 aromatic rings. The van der Waals surface area contributed by atoms with Gasteiger partial charge in [-0.15, -0.1) is 0 Å². The Balaban J connectivity index is 1.85. The second-order valence-electron chi connectivity index (χ2n) is 4.66. The van der Waals surface area contributed by atoms with Crippen LogP contribution in [0.15, 0.2) is 40.8 Å². The predicted octanol–water partition coefficient (Wildman–Crippen LogP) is 2.24. The molecule has 1 aliphatic rings. The molecule has 0 bridgehead atoms. The van der Waals surface area contributed by atoms with E-state index in [2.05, 4.69) is 11.4 Å². The third kappa shape index (κ3) is 4.36. The monoisotopic (exact) mass is 281 g/mol. The van der Waals surface area contributed by atoms with Gasteiger partial charge in [0.05, 0.1) is 18.1 Å². The zero-order valence-electron chi connectivity index (χ0n) is 11.1. The van der Waals surface area contributed by atoms with Gasteiger partial charge in [-0.1, -0.05) is 11.6 Å². The fraction of sp³-hybridized carbons (Fsp3) is 0.429. The molecule has 0 aliphatic carbocycles. The van der Waals surface area contributed by atoms with E-state index in [9.17, 15) is 8.42 Å². The maximum absolute atomic E-state index is 11.3. The van der Waals surface area contributed by atoms with Gasteiger partial charge in [-0.05, 0) is 37.1 Å². The van der Waals surface area contributed by atoms with Crippen molar-refractivity contribution in [3.05, 3.63) is 35.9 Å². The number of ether oxygens (including phenoxy) is 1. The summed E-state index contributed by atoms with van der Waals surface area (Å²) in [5.41, 5.74) is 2.37. The van der Waals surface area contributed by atoms with Crippen molar-refractivity contribution in [2.24, 2.45) is 0 Å². The average Bonchev–Trinajstić information content (AvgIpc) is 2.39. The molecule has 0 unspecified atom stereocenters. The molecule has 4 nitrogen and oxygen atoms in total. The number of benzene rings is 1. The molecule has 2 rings (SSSR count). The van der Waals surface area contributed by atoms with Crippen molar-refractivity contribution in [3.8, 4) is 0 Å². The number of rotatable bonds is 5. The minimum absolute atomic E-state index is 0.352. The fourth-order valence-electron chi connectivity index (χ4n) is 1.98. The van der Waals surface area contributed by atoms with E-state index in [0.29, 0.717) is 4.90 Å². The van der Waals surface area contributed by atoms with Gasteiger partial charge in [0.25, 0.3) is 0 Å². The molecule has 0 amide bonds. The summed E-state index contributed by atoms with van der Waals surface area (Å²) >= 11 is 0. The lowest BCUT2D eigenvalue weighted by molar-refractivity contribution is 0.153. The van der Waals surface area contributed by atoms with Crippen molar-refractivity contribution < 1.29 is 13.2 Å². The molecule has 0 aromatic heterocycles. The van der Waals surface area contributed by atoms with Gasteiger partial charge in [0.1, 0.15) is 0 Å². The Morgan fingerprint density at radius 3 is 2.58 bits per heavy atom. The Morgan fingerprint density at radius 2 is 2.00 bits per heavy atom. The quantitative estimate of drug-likeness (QED) is 0.841. The molecule has 0 saturated heterocycles. The first-order valence-corrected chi connectivity index (χ1v) is 8.24. The van der Waals surface area contributed by atoms with Gasteiger partial charge in [-0.3, -0.25) is 0 Å². The molecule has 0 atom stereocenters. The van der Waals surface area contributed by atoms with Gasteiger partial charge in [0, 0.05) is 18.5 Å².